The second kappa shape index (κ2) is 11.5. The van der Waals surface area contributed by atoms with Gasteiger partial charge in [-0.25, -0.2) is 0 Å². The van der Waals surface area contributed by atoms with Crippen molar-refractivity contribution in [2.24, 2.45) is 5.92 Å². The van der Waals surface area contributed by atoms with Gasteiger partial charge in [0.15, 0.2) is 0 Å². The van der Waals surface area contributed by atoms with Crippen LogP contribution in [0.5, 0.6) is 5.75 Å². The van der Waals surface area contributed by atoms with Gasteiger partial charge < -0.3 is 19.5 Å². The quantitative estimate of drug-likeness (QED) is 0.600. The number of methoxy groups -OCH3 is 1. The highest BCUT2D eigenvalue weighted by Crippen LogP contribution is 2.10. The zero-order valence-electron chi connectivity index (χ0n) is 13.4. The van der Waals surface area contributed by atoms with Crippen LogP contribution >= 0.6 is 0 Å². The Kier molecular flexibility index (Phi) is 9.78. The fourth-order valence-electron chi connectivity index (χ4n) is 1.76. The molecule has 0 atom stereocenters. The smallest absolute Gasteiger partial charge is 0.122 e. The predicted molar refractivity (Wildman–Crippen MR) is 83.6 cm³/mol. The number of pyridine rings is 1. The summed E-state index contributed by atoms with van der Waals surface area (Å²) in [6.45, 7) is 8.71. The summed E-state index contributed by atoms with van der Waals surface area (Å²) in [6.07, 6.45) is 2.69. The Morgan fingerprint density at radius 2 is 2.05 bits per heavy atom. The molecule has 0 saturated carbocycles. The molecule has 0 spiro atoms. The first-order chi connectivity index (χ1) is 10.2. The van der Waals surface area contributed by atoms with Gasteiger partial charge in [-0.05, 0) is 24.9 Å². The third-order valence-electron chi connectivity index (χ3n) is 2.78. The Balaban J connectivity index is 2.17. The first-order valence-electron chi connectivity index (χ1n) is 7.57. The van der Waals surface area contributed by atoms with E-state index in [0.717, 1.165) is 37.6 Å². The number of aromatic nitrogens is 1. The van der Waals surface area contributed by atoms with Gasteiger partial charge in [0.1, 0.15) is 12.4 Å². The molecule has 5 heteroatoms. The third-order valence-corrected chi connectivity index (χ3v) is 2.78. The highest BCUT2D eigenvalue weighted by Gasteiger charge is 2.00. The van der Waals surface area contributed by atoms with E-state index in [2.05, 4.69) is 24.1 Å². The van der Waals surface area contributed by atoms with Crippen LogP contribution in [0, 0.1) is 5.92 Å². The molecule has 0 amide bonds. The van der Waals surface area contributed by atoms with E-state index >= 15 is 0 Å². The molecule has 0 bridgehead atoms. The van der Waals surface area contributed by atoms with E-state index < -0.39 is 0 Å². The molecular weight excluding hydrogens is 268 g/mol. The summed E-state index contributed by atoms with van der Waals surface area (Å²) in [6, 6.07) is 3.84. The molecule has 0 radical (unpaired) electrons. The number of rotatable bonds is 12. The monoisotopic (exact) mass is 296 g/mol. The van der Waals surface area contributed by atoms with Crippen molar-refractivity contribution >= 4 is 0 Å². The molecule has 1 aromatic heterocycles. The minimum atomic E-state index is 0.551. The summed E-state index contributed by atoms with van der Waals surface area (Å²) < 4.78 is 16.1. The lowest BCUT2D eigenvalue weighted by Gasteiger charge is -2.09. The van der Waals surface area contributed by atoms with Gasteiger partial charge in [0.2, 0.25) is 0 Å². The van der Waals surface area contributed by atoms with Crippen molar-refractivity contribution in [3.8, 4) is 5.75 Å². The van der Waals surface area contributed by atoms with E-state index in [1.807, 2.05) is 12.1 Å². The summed E-state index contributed by atoms with van der Waals surface area (Å²) in [7, 11) is 1.69. The van der Waals surface area contributed by atoms with Crippen molar-refractivity contribution in [2.75, 3.05) is 40.1 Å². The van der Waals surface area contributed by atoms with Gasteiger partial charge in [-0.1, -0.05) is 13.8 Å². The Labute approximate surface area is 128 Å². The summed E-state index contributed by atoms with van der Waals surface area (Å²) in [5, 5.41) is 3.37. The maximum Gasteiger partial charge on any atom is 0.122 e. The van der Waals surface area contributed by atoms with Gasteiger partial charge >= 0.3 is 0 Å². The first-order valence-corrected chi connectivity index (χ1v) is 7.57. The number of nitrogens with zero attached hydrogens (tertiary/aromatic N) is 1. The van der Waals surface area contributed by atoms with E-state index in [9.17, 15) is 0 Å². The van der Waals surface area contributed by atoms with Gasteiger partial charge in [0.25, 0.3) is 0 Å². The van der Waals surface area contributed by atoms with E-state index in [1.54, 1.807) is 13.3 Å². The fourth-order valence-corrected chi connectivity index (χ4v) is 1.76. The predicted octanol–water partition coefficient (Wildman–Crippen LogP) is 2.26. The zero-order valence-corrected chi connectivity index (χ0v) is 13.4. The lowest BCUT2D eigenvalue weighted by atomic mass is 10.2. The van der Waals surface area contributed by atoms with Crippen molar-refractivity contribution < 1.29 is 14.2 Å². The van der Waals surface area contributed by atoms with Crippen LogP contribution in [0.2, 0.25) is 0 Å². The Morgan fingerprint density at radius 3 is 2.81 bits per heavy atom. The Hall–Kier alpha value is -1.17. The lowest BCUT2D eigenvalue weighted by molar-refractivity contribution is 0.0806. The SMILES string of the molecule is COCCCOCCOc1ccnc(CNCC(C)C)c1. The highest BCUT2D eigenvalue weighted by atomic mass is 16.5. The molecule has 1 aromatic rings. The molecule has 21 heavy (non-hydrogen) atoms. The van der Waals surface area contributed by atoms with Gasteiger partial charge in [0, 0.05) is 39.1 Å². The fraction of sp³-hybridized carbons (Fsp3) is 0.688. The van der Waals surface area contributed by atoms with Crippen molar-refractivity contribution in [1.82, 2.24) is 10.3 Å². The first kappa shape index (κ1) is 17.9. The molecule has 0 unspecified atom stereocenters. The van der Waals surface area contributed by atoms with Gasteiger partial charge in [-0.3, -0.25) is 4.98 Å². The van der Waals surface area contributed by atoms with Crippen LogP contribution in [0.4, 0.5) is 0 Å². The minimum absolute atomic E-state index is 0.551. The number of hydrogen-bond acceptors (Lipinski definition) is 5. The molecule has 0 aliphatic rings. The maximum atomic E-state index is 5.66. The van der Waals surface area contributed by atoms with Crippen molar-refractivity contribution in [1.29, 1.82) is 0 Å². The number of nitrogens with one attached hydrogen (secondary N) is 1. The standard InChI is InChI=1S/C16H28N2O3/c1-14(2)12-17-13-15-11-16(5-6-18-15)21-10-9-20-8-4-7-19-3/h5-6,11,14,17H,4,7-10,12-13H2,1-3H3. The summed E-state index contributed by atoms with van der Waals surface area (Å²) in [5.74, 6) is 1.48. The molecule has 1 rings (SSSR count). The van der Waals surface area contributed by atoms with Crippen molar-refractivity contribution in [3.05, 3.63) is 24.0 Å². The second-order valence-electron chi connectivity index (χ2n) is 5.31. The largest absolute Gasteiger partial charge is 0.491 e. The molecule has 5 nitrogen and oxygen atoms in total. The Morgan fingerprint density at radius 1 is 1.19 bits per heavy atom. The van der Waals surface area contributed by atoms with E-state index in [1.165, 1.54) is 0 Å². The van der Waals surface area contributed by atoms with Crippen LogP contribution in [0.15, 0.2) is 18.3 Å². The van der Waals surface area contributed by atoms with Crippen LogP contribution < -0.4 is 10.1 Å². The number of ether oxygens (including phenoxy) is 3. The average molecular weight is 296 g/mol. The van der Waals surface area contributed by atoms with Crippen LogP contribution in [-0.4, -0.2) is 45.1 Å². The van der Waals surface area contributed by atoms with Crippen LogP contribution in [-0.2, 0) is 16.0 Å². The molecule has 120 valence electrons. The Bertz CT molecular complexity index is 372. The molecule has 0 fully saturated rings. The van der Waals surface area contributed by atoms with E-state index in [0.29, 0.717) is 25.7 Å². The molecule has 1 heterocycles. The second-order valence-corrected chi connectivity index (χ2v) is 5.31. The van der Waals surface area contributed by atoms with Crippen molar-refractivity contribution in [3.63, 3.8) is 0 Å². The van der Waals surface area contributed by atoms with Crippen LogP contribution in [0.1, 0.15) is 26.0 Å². The summed E-state index contributed by atoms with van der Waals surface area (Å²) in [5.41, 5.74) is 0.995. The maximum absolute atomic E-state index is 5.66. The molecule has 0 aliphatic heterocycles. The van der Waals surface area contributed by atoms with Gasteiger partial charge in [-0.2, -0.15) is 0 Å². The highest BCUT2D eigenvalue weighted by molar-refractivity contribution is 5.22. The van der Waals surface area contributed by atoms with Crippen LogP contribution in [0.25, 0.3) is 0 Å². The van der Waals surface area contributed by atoms with Crippen LogP contribution in [0.3, 0.4) is 0 Å². The molecule has 1 N–H and O–H groups in total. The molecule has 0 aromatic carbocycles. The summed E-state index contributed by atoms with van der Waals surface area (Å²) in [4.78, 5) is 4.33. The number of hydrogen-bond donors (Lipinski definition) is 1. The molecule has 0 aliphatic carbocycles. The van der Waals surface area contributed by atoms with Gasteiger partial charge in [0.05, 0.1) is 12.3 Å². The van der Waals surface area contributed by atoms with E-state index in [4.69, 9.17) is 14.2 Å². The third kappa shape index (κ3) is 9.39. The summed E-state index contributed by atoms with van der Waals surface area (Å²) >= 11 is 0. The molecular formula is C16H28N2O3. The lowest BCUT2D eigenvalue weighted by Crippen LogP contribution is -2.19. The molecule has 0 saturated heterocycles. The average Bonchev–Trinajstić information content (AvgIpc) is 2.46. The van der Waals surface area contributed by atoms with Crippen molar-refractivity contribution in [2.45, 2.75) is 26.8 Å². The zero-order chi connectivity index (χ0) is 15.3. The van der Waals surface area contributed by atoms with E-state index in [-0.39, 0.29) is 0 Å². The topological polar surface area (TPSA) is 52.6 Å². The normalized spacial score (nSPS) is 11.0. The minimum Gasteiger partial charge on any atom is -0.491 e. The van der Waals surface area contributed by atoms with Gasteiger partial charge in [-0.15, -0.1) is 0 Å².